The number of aromatic amines is 1. The number of hydrogen-bond acceptors (Lipinski definition) is 3. The van der Waals surface area contributed by atoms with Crippen LogP contribution in [-0.2, 0) is 6.61 Å². The van der Waals surface area contributed by atoms with Gasteiger partial charge in [0.1, 0.15) is 18.7 Å². The quantitative estimate of drug-likeness (QED) is 0.787. The molecule has 0 bridgehead atoms. The Hall–Kier alpha value is -2.62. The van der Waals surface area contributed by atoms with Crippen molar-refractivity contribution in [3.63, 3.8) is 0 Å². The van der Waals surface area contributed by atoms with Gasteiger partial charge in [-0.25, -0.2) is 4.98 Å². The minimum absolute atomic E-state index is 0.533. The van der Waals surface area contributed by atoms with Crippen LogP contribution in [0, 0.1) is 6.92 Å². The lowest BCUT2D eigenvalue weighted by molar-refractivity contribution is 0.307. The van der Waals surface area contributed by atoms with Gasteiger partial charge in [-0.2, -0.15) is 5.10 Å². The normalized spacial score (nSPS) is 10.4. The predicted octanol–water partition coefficient (Wildman–Crippen LogP) is 3.36. The molecule has 0 saturated heterocycles. The van der Waals surface area contributed by atoms with Gasteiger partial charge < -0.3 is 4.74 Å². The van der Waals surface area contributed by atoms with Crippen molar-refractivity contribution >= 4 is 0 Å². The molecule has 2 aromatic carbocycles. The van der Waals surface area contributed by atoms with E-state index in [1.807, 2.05) is 24.3 Å². The number of H-pyrrole nitrogens is 1. The van der Waals surface area contributed by atoms with Crippen molar-refractivity contribution in [1.82, 2.24) is 15.2 Å². The number of aryl methyl sites for hydroxylation is 1. The van der Waals surface area contributed by atoms with Crippen molar-refractivity contribution in [2.75, 3.05) is 0 Å². The Morgan fingerprint density at radius 1 is 1.05 bits per heavy atom. The molecule has 3 rings (SSSR count). The number of nitrogens with zero attached hydrogens (tertiary/aromatic N) is 2. The number of para-hydroxylation sites is 1. The number of hydrogen-bond donors (Lipinski definition) is 1. The van der Waals surface area contributed by atoms with Crippen LogP contribution in [0.5, 0.6) is 5.75 Å². The molecule has 0 aliphatic carbocycles. The summed E-state index contributed by atoms with van der Waals surface area (Å²) in [5.41, 5.74) is 3.30. The summed E-state index contributed by atoms with van der Waals surface area (Å²) in [6.45, 7) is 2.61. The first-order valence-electron chi connectivity index (χ1n) is 6.46. The van der Waals surface area contributed by atoms with E-state index in [-0.39, 0.29) is 0 Å². The molecule has 0 radical (unpaired) electrons. The van der Waals surface area contributed by atoms with Crippen LogP contribution in [0.2, 0.25) is 0 Å². The molecule has 0 saturated carbocycles. The number of rotatable bonds is 4. The molecule has 0 aliphatic rings. The number of ether oxygens (including phenoxy) is 1. The van der Waals surface area contributed by atoms with Crippen molar-refractivity contribution in [3.05, 3.63) is 66.0 Å². The van der Waals surface area contributed by atoms with Gasteiger partial charge in [-0.15, -0.1) is 0 Å². The van der Waals surface area contributed by atoms with Gasteiger partial charge in [0.2, 0.25) is 0 Å². The van der Waals surface area contributed by atoms with E-state index in [2.05, 4.69) is 46.4 Å². The van der Waals surface area contributed by atoms with Crippen molar-refractivity contribution in [2.45, 2.75) is 13.5 Å². The van der Waals surface area contributed by atoms with E-state index in [4.69, 9.17) is 4.74 Å². The van der Waals surface area contributed by atoms with Gasteiger partial charge in [-0.05, 0) is 24.6 Å². The van der Waals surface area contributed by atoms with Gasteiger partial charge in [0.15, 0.2) is 5.82 Å². The zero-order valence-corrected chi connectivity index (χ0v) is 11.2. The second kappa shape index (κ2) is 5.57. The zero-order chi connectivity index (χ0) is 13.8. The third-order valence-corrected chi connectivity index (χ3v) is 3.07. The van der Waals surface area contributed by atoms with Crippen LogP contribution in [0.1, 0.15) is 11.1 Å². The van der Waals surface area contributed by atoms with E-state index in [1.54, 1.807) is 0 Å². The minimum atomic E-state index is 0.533. The fourth-order valence-electron chi connectivity index (χ4n) is 1.97. The smallest absolute Gasteiger partial charge is 0.159 e. The summed E-state index contributed by atoms with van der Waals surface area (Å²) in [7, 11) is 0. The fraction of sp³-hybridized carbons (Fsp3) is 0.125. The molecule has 0 aliphatic heterocycles. The summed E-state index contributed by atoms with van der Waals surface area (Å²) in [6, 6.07) is 16.1. The molecule has 20 heavy (non-hydrogen) atoms. The molecular formula is C16H15N3O. The predicted molar refractivity (Wildman–Crippen MR) is 77.3 cm³/mol. The molecule has 1 heterocycles. The number of aromatic nitrogens is 3. The van der Waals surface area contributed by atoms with Crippen molar-refractivity contribution in [1.29, 1.82) is 0 Å². The maximum Gasteiger partial charge on any atom is 0.159 e. The van der Waals surface area contributed by atoms with Gasteiger partial charge in [-0.3, -0.25) is 5.10 Å². The van der Waals surface area contributed by atoms with E-state index >= 15 is 0 Å². The van der Waals surface area contributed by atoms with Crippen LogP contribution in [0.3, 0.4) is 0 Å². The minimum Gasteiger partial charge on any atom is -0.488 e. The van der Waals surface area contributed by atoms with Crippen LogP contribution in [-0.4, -0.2) is 15.2 Å². The van der Waals surface area contributed by atoms with Crippen LogP contribution in [0.25, 0.3) is 11.4 Å². The molecule has 0 unspecified atom stereocenters. The largest absolute Gasteiger partial charge is 0.488 e. The van der Waals surface area contributed by atoms with E-state index in [9.17, 15) is 0 Å². The topological polar surface area (TPSA) is 50.8 Å². The summed E-state index contributed by atoms with van der Waals surface area (Å²) in [4.78, 5) is 4.17. The van der Waals surface area contributed by atoms with Gasteiger partial charge in [0, 0.05) is 0 Å². The molecule has 0 spiro atoms. The highest BCUT2D eigenvalue weighted by atomic mass is 16.5. The number of nitrogens with one attached hydrogen (secondary N) is 1. The molecule has 4 nitrogen and oxygen atoms in total. The average Bonchev–Trinajstić information content (AvgIpc) is 3.01. The summed E-state index contributed by atoms with van der Waals surface area (Å²) in [5, 5.41) is 6.73. The SMILES string of the molecule is Cc1ccc(COc2ccccc2-c2ncn[nH]2)cc1. The molecule has 0 fully saturated rings. The second-order valence-corrected chi connectivity index (χ2v) is 4.60. The molecule has 0 amide bonds. The average molecular weight is 265 g/mol. The van der Waals surface area contributed by atoms with Gasteiger partial charge in [0.05, 0.1) is 5.56 Å². The van der Waals surface area contributed by atoms with E-state index in [0.717, 1.165) is 16.9 Å². The Kier molecular flexibility index (Phi) is 3.46. The zero-order valence-electron chi connectivity index (χ0n) is 11.2. The van der Waals surface area contributed by atoms with Crippen LogP contribution < -0.4 is 4.74 Å². The number of benzene rings is 2. The monoisotopic (exact) mass is 265 g/mol. The molecule has 0 atom stereocenters. The van der Waals surface area contributed by atoms with Gasteiger partial charge in [0.25, 0.3) is 0 Å². The van der Waals surface area contributed by atoms with Crippen molar-refractivity contribution in [3.8, 4) is 17.1 Å². The third-order valence-electron chi connectivity index (χ3n) is 3.07. The maximum absolute atomic E-state index is 5.90. The van der Waals surface area contributed by atoms with E-state index in [1.165, 1.54) is 11.9 Å². The van der Waals surface area contributed by atoms with Crippen LogP contribution >= 0.6 is 0 Å². The first-order chi connectivity index (χ1) is 9.83. The molecule has 1 aromatic heterocycles. The van der Waals surface area contributed by atoms with Crippen molar-refractivity contribution in [2.24, 2.45) is 0 Å². The fourth-order valence-corrected chi connectivity index (χ4v) is 1.97. The lowest BCUT2D eigenvalue weighted by Gasteiger charge is -2.10. The molecule has 3 aromatic rings. The first-order valence-corrected chi connectivity index (χ1v) is 6.46. The van der Waals surface area contributed by atoms with Crippen molar-refractivity contribution < 1.29 is 4.74 Å². The summed E-state index contributed by atoms with van der Waals surface area (Å²) >= 11 is 0. The van der Waals surface area contributed by atoms with E-state index in [0.29, 0.717) is 12.4 Å². The highest BCUT2D eigenvalue weighted by molar-refractivity contribution is 5.63. The van der Waals surface area contributed by atoms with Crippen LogP contribution in [0.15, 0.2) is 54.9 Å². The maximum atomic E-state index is 5.90. The van der Waals surface area contributed by atoms with Gasteiger partial charge in [-0.1, -0.05) is 42.0 Å². The third kappa shape index (κ3) is 2.69. The van der Waals surface area contributed by atoms with Crippen LogP contribution in [0.4, 0.5) is 0 Å². The summed E-state index contributed by atoms with van der Waals surface area (Å²) in [6.07, 6.45) is 1.49. The summed E-state index contributed by atoms with van der Waals surface area (Å²) < 4.78 is 5.90. The Morgan fingerprint density at radius 2 is 1.85 bits per heavy atom. The first kappa shape index (κ1) is 12.4. The van der Waals surface area contributed by atoms with Gasteiger partial charge >= 0.3 is 0 Å². The Morgan fingerprint density at radius 3 is 2.60 bits per heavy atom. The highest BCUT2D eigenvalue weighted by Crippen LogP contribution is 2.27. The molecule has 4 heteroatoms. The standard InChI is InChI=1S/C16H15N3O/c1-12-6-8-13(9-7-12)10-20-15-5-3-2-4-14(15)16-17-11-18-19-16/h2-9,11H,10H2,1H3,(H,17,18,19). The molecular weight excluding hydrogens is 250 g/mol. The Balaban J connectivity index is 1.79. The molecule has 100 valence electrons. The lowest BCUT2D eigenvalue weighted by Crippen LogP contribution is -1.97. The van der Waals surface area contributed by atoms with E-state index < -0.39 is 0 Å². The highest BCUT2D eigenvalue weighted by Gasteiger charge is 2.08. The lowest BCUT2D eigenvalue weighted by atomic mass is 10.1. The Bertz CT molecular complexity index is 675. The Labute approximate surface area is 117 Å². The molecule has 1 N–H and O–H groups in total. The summed E-state index contributed by atoms with van der Waals surface area (Å²) in [5.74, 6) is 1.51. The second-order valence-electron chi connectivity index (χ2n) is 4.60.